The van der Waals surface area contributed by atoms with Crippen molar-refractivity contribution in [1.29, 1.82) is 0 Å². The molecule has 2 aromatic rings. The van der Waals surface area contributed by atoms with E-state index < -0.39 is 0 Å². The van der Waals surface area contributed by atoms with Crippen LogP contribution in [0.3, 0.4) is 0 Å². The first-order valence-corrected chi connectivity index (χ1v) is 9.60. The molecule has 0 amide bonds. The number of halogens is 1. The summed E-state index contributed by atoms with van der Waals surface area (Å²) >= 11 is 6.36. The molecular formula is C21H24ClN3. The van der Waals surface area contributed by atoms with Gasteiger partial charge in [-0.2, -0.15) is 0 Å². The maximum atomic E-state index is 6.36. The van der Waals surface area contributed by atoms with E-state index in [-0.39, 0.29) is 6.04 Å². The van der Waals surface area contributed by atoms with Crippen molar-refractivity contribution in [3.63, 3.8) is 0 Å². The highest BCUT2D eigenvalue weighted by Crippen LogP contribution is 2.42. The minimum atomic E-state index is 0.220. The van der Waals surface area contributed by atoms with Gasteiger partial charge < -0.3 is 9.80 Å². The molecule has 0 spiro atoms. The fourth-order valence-corrected chi connectivity index (χ4v) is 4.09. The van der Waals surface area contributed by atoms with E-state index in [9.17, 15) is 0 Å². The molecule has 0 saturated carbocycles. The van der Waals surface area contributed by atoms with E-state index in [1.807, 2.05) is 6.07 Å². The second kappa shape index (κ2) is 7.09. The van der Waals surface area contributed by atoms with Crippen molar-refractivity contribution in [3.05, 3.63) is 64.7 Å². The number of fused-ring (bicyclic) bond motifs is 2. The number of rotatable bonds is 5. The summed E-state index contributed by atoms with van der Waals surface area (Å²) in [5, 5.41) is 0.790. The fraction of sp³-hybridized carbons (Fsp3) is 0.381. The molecule has 2 aliphatic rings. The summed E-state index contributed by atoms with van der Waals surface area (Å²) in [7, 11) is 0. The van der Waals surface area contributed by atoms with Crippen LogP contribution in [0.5, 0.6) is 0 Å². The van der Waals surface area contributed by atoms with E-state index in [2.05, 4.69) is 59.2 Å². The molecule has 2 heterocycles. The lowest BCUT2D eigenvalue weighted by Crippen LogP contribution is -2.49. The lowest BCUT2D eigenvalue weighted by Gasteiger charge is -2.43. The molecule has 0 N–H and O–H groups in total. The molecule has 1 atom stereocenters. The van der Waals surface area contributed by atoms with Crippen LogP contribution in [-0.2, 0) is 0 Å². The number of hydrogen-bond acceptors (Lipinski definition) is 3. The summed E-state index contributed by atoms with van der Waals surface area (Å²) in [6, 6.07) is 17.3. The number of unbranched alkanes of at least 4 members (excludes halogenated alkanes) is 2. The molecule has 1 unspecified atom stereocenters. The number of nitrogens with zero attached hydrogens (tertiary/aromatic N) is 3. The summed E-state index contributed by atoms with van der Waals surface area (Å²) in [6.45, 7) is 5.08. The SMILES string of the molecule is CCCCCN1C2=NCCN2C(c2ccccc2)c2ccc(Cl)cc21. The second-order valence-corrected chi connectivity index (χ2v) is 7.19. The second-order valence-electron chi connectivity index (χ2n) is 6.75. The van der Waals surface area contributed by atoms with Gasteiger partial charge in [0.25, 0.3) is 0 Å². The summed E-state index contributed by atoms with van der Waals surface area (Å²) in [6.07, 6.45) is 3.63. The molecule has 0 aliphatic carbocycles. The van der Waals surface area contributed by atoms with Gasteiger partial charge in [-0.25, -0.2) is 0 Å². The van der Waals surface area contributed by atoms with Crippen LogP contribution in [0.2, 0.25) is 5.02 Å². The Kier molecular flexibility index (Phi) is 4.67. The molecule has 0 bridgehead atoms. The summed E-state index contributed by atoms with van der Waals surface area (Å²) in [5.41, 5.74) is 3.86. The Morgan fingerprint density at radius 3 is 2.76 bits per heavy atom. The largest absolute Gasteiger partial charge is 0.329 e. The zero-order valence-corrected chi connectivity index (χ0v) is 15.4. The van der Waals surface area contributed by atoms with Crippen LogP contribution in [-0.4, -0.2) is 30.5 Å². The zero-order valence-electron chi connectivity index (χ0n) is 14.7. The highest BCUT2D eigenvalue weighted by molar-refractivity contribution is 6.31. The van der Waals surface area contributed by atoms with Crippen molar-refractivity contribution in [1.82, 2.24) is 4.90 Å². The van der Waals surface area contributed by atoms with Crippen LogP contribution in [0.1, 0.15) is 43.4 Å². The first kappa shape index (κ1) is 16.5. The van der Waals surface area contributed by atoms with E-state index in [4.69, 9.17) is 16.6 Å². The molecule has 2 aliphatic heterocycles. The van der Waals surface area contributed by atoms with Crippen LogP contribution in [0.4, 0.5) is 5.69 Å². The third-order valence-corrected chi connectivity index (χ3v) is 5.32. The highest BCUT2D eigenvalue weighted by Gasteiger charge is 2.38. The summed E-state index contributed by atoms with van der Waals surface area (Å²) in [5.74, 6) is 1.11. The van der Waals surface area contributed by atoms with Crippen molar-refractivity contribution < 1.29 is 0 Å². The topological polar surface area (TPSA) is 18.8 Å². The summed E-state index contributed by atoms with van der Waals surface area (Å²) < 4.78 is 0. The van der Waals surface area contributed by atoms with Gasteiger partial charge in [-0.05, 0) is 24.1 Å². The molecule has 25 heavy (non-hydrogen) atoms. The molecule has 2 aromatic carbocycles. The molecule has 0 fully saturated rings. The molecule has 0 radical (unpaired) electrons. The van der Waals surface area contributed by atoms with Crippen LogP contribution in [0.15, 0.2) is 53.5 Å². The van der Waals surface area contributed by atoms with Gasteiger partial charge in [0.2, 0.25) is 5.96 Å². The van der Waals surface area contributed by atoms with E-state index in [0.717, 1.165) is 30.6 Å². The van der Waals surface area contributed by atoms with E-state index in [0.29, 0.717) is 0 Å². The van der Waals surface area contributed by atoms with Gasteiger partial charge >= 0.3 is 0 Å². The first-order valence-electron chi connectivity index (χ1n) is 9.22. The minimum Gasteiger partial charge on any atom is -0.329 e. The monoisotopic (exact) mass is 353 g/mol. The van der Waals surface area contributed by atoms with Gasteiger partial charge in [-0.1, -0.05) is 67.8 Å². The van der Waals surface area contributed by atoms with Crippen LogP contribution < -0.4 is 4.90 Å². The molecule has 130 valence electrons. The smallest absolute Gasteiger partial charge is 0.202 e. The van der Waals surface area contributed by atoms with Gasteiger partial charge in [0.05, 0.1) is 18.3 Å². The maximum Gasteiger partial charge on any atom is 0.202 e. The van der Waals surface area contributed by atoms with E-state index in [1.54, 1.807) is 0 Å². The van der Waals surface area contributed by atoms with E-state index >= 15 is 0 Å². The highest BCUT2D eigenvalue weighted by atomic mass is 35.5. The Hall–Kier alpha value is -2.00. The predicted molar refractivity (Wildman–Crippen MR) is 106 cm³/mol. The molecule has 4 rings (SSSR count). The third-order valence-electron chi connectivity index (χ3n) is 5.08. The van der Waals surface area contributed by atoms with Crippen LogP contribution in [0.25, 0.3) is 0 Å². The molecule has 0 saturated heterocycles. The number of aliphatic imine (C=N–C) groups is 1. The standard InChI is InChI=1S/C21H24ClN3/c1-2-3-7-13-24-19-15-17(22)10-11-18(19)20(16-8-5-4-6-9-16)25-14-12-23-21(24)25/h4-6,8-11,15,20H,2-3,7,12-14H2,1H3. The molecular weight excluding hydrogens is 330 g/mol. The quantitative estimate of drug-likeness (QED) is 0.695. The fourth-order valence-electron chi connectivity index (χ4n) is 3.93. The average Bonchev–Trinajstić information content (AvgIpc) is 3.11. The Labute approximate surface area is 154 Å². The van der Waals surface area contributed by atoms with Gasteiger partial charge in [0.1, 0.15) is 0 Å². The molecule has 0 aromatic heterocycles. The zero-order chi connectivity index (χ0) is 17.2. The number of hydrogen-bond donors (Lipinski definition) is 0. The maximum absolute atomic E-state index is 6.36. The predicted octanol–water partition coefficient (Wildman–Crippen LogP) is 5.11. The van der Waals surface area contributed by atoms with Crippen molar-refractivity contribution in [2.75, 3.05) is 24.5 Å². The number of benzene rings is 2. The van der Waals surface area contributed by atoms with Gasteiger partial charge in [0, 0.05) is 23.7 Å². The Morgan fingerprint density at radius 1 is 1.12 bits per heavy atom. The third kappa shape index (κ3) is 3.02. The number of guanidine groups is 1. The summed E-state index contributed by atoms with van der Waals surface area (Å²) in [4.78, 5) is 9.68. The Bertz CT molecular complexity index is 772. The normalized spacial score (nSPS) is 18.8. The first-order chi connectivity index (χ1) is 12.3. The van der Waals surface area contributed by atoms with Gasteiger partial charge in [-0.15, -0.1) is 0 Å². The van der Waals surface area contributed by atoms with Crippen LogP contribution in [0, 0.1) is 0 Å². The van der Waals surface area contributed by atoms with Gasteiger partial charge in [-0.3, -0.25) is 4.99 Å². The van der Waals surface area contributed by atoms with Crippen molar-refractivity contribution >= 4 is 23.2 Å². The van der Waals surface area contributed by atoms with Crippen molar-refractivity contribution in [2.24, 2.45) is 4.99 Å². The number of anilines is 1. The lowest BCUT2D eigenvalue weighted by molar-refractivity contribution is 0.373. The van der Waals surface area contributed by atoms with Crippen molar-refractivity contribution in [3.8, 4) is 0 Å². The average molecular weight is 354 g/mol. The van der Waals surface area contributed by atoms with Gasteiger partial charge in [0.15, 0.2) is 0 Å². The molecule has 3 nitrogen and oxygen atoms in total. The molecule has 4 heteroatoms. The van der Waals surface area contributed by atoms with Crippen molar-refractivity contribution in [2.45, 2.75) is 32.2 Å². The Morgan fingerprint density at radius 2 is 1.96 bits per heavy atom. The van der Waals surface area contributed by atoms with Crippen LogP contribution >= 0.6 is 11.6 Å². The minimum absolute atomic E-state index is 0.220. The van der Waals surface area contributed by atoms with E-state index in [1.165, 1.54) is 36.1 Å². The lowest BCUT2D eigenvalue weighted by atomic mass is 9.93. The Balaban J connectivity index is 1.80.